The van der Waals surface area contributed by atoms with Gasteiger partial charge in [-0.25, -0.2) is 4.99 Å². The van der Waals surface area contributed by atoms with Gasteiger partial charge in [-0.15, -0.1) is 11.8 Å². The molecule has 0 spiro atoms. The van der Waals surface area contributed by atoms with Gasteiger partial charge in [-0.1, -0.05) is 111 Å². The number of para-hydroxylation sites is 1. The third kappa shape index (κ3) is 4.68. The van der Waals surface area contributed by atoms with Crippen molar-refractivity contribution in [2.45, 2.75) is 23.1 Å². The third-order valence-corrected chi connectivity index (χ3v) is 11.4. The summed E-state index contributed by atoms with van der Waals surface area (Å²) in [6.45, 7) is 10.2. The predicted molar refractivity (Wildman–Crippen MR) is 209 cm³/mol. The van der Waals surface area contributed by atoms with Gasteiger partial charge in [0.05, 0.1) is 17.1 Å². The van der Waals surface area contributed by atoms with Crippen LogP contribution in [0.4, 0.5) is 0 Å². The minimum absolute atomic E-state index is 0.0810. The normalized spacial score (nSPS) is 17.1. The molecule has 0 saturated heterocycles. The number of nitrogens with zero attached hydrogens (tertiary/aromatic N) is 3. The summed E-state index contributed by atoms with van der Waals surface area (Å²) < 4.78 is 8.84. The molecule has 0 amide bonds. The van der Waals surface area contributed by atoms with Crippen LogP contribution in [-0.4, -0.2) is 22.4 Å². The smallest absolute Gasteiger partial charge is 0.155 e. The first-order valence-electron chi connectivity index (χ1n) is 16.6. The number of thioether (sulfide) groups is 1. The van der Waals surface area contributed by atoms with E-state index in [-0.39, 0.29) is 17.2 Å². The molecule has 49 heavy (non-hydrogen) atoms. The summed E-state index contributed by atoms with van der Waals surface area (Å²) in [5.41, 5.74) is 7.17. The number of fused-ring (bicyclic) bond motifs is 9. The largest absolute Gasteiger partial charge is 0.456 e. The molecule has 0 bridgehead atoms. The second kappa shape index (κ2) is 11.8. The Labute approximate surface area is 288 Å². The van der Waals surface area contributed by atoms with Gasteiger partial charge in [0.2, 0.25) is 0 Å². The molecule has 0 fully saturated rings. The number of hydrogen-bond donors (Lipinski definition) is 0. The minimum Gasteiger partial charge on any atom is -0.456 e. The molecule has 236 valence electrons. The molecule has 4 nitrogen and oxygen atoms in total. The molecule has 0 aliphatic carbocycles. The van der Waals surface area contributed by atoms with E-state index in [9.17, 15) is 0 Å². The third-order valence-electron chi connectivity index (χ3n) is 9.83. The summed E-state index contributed by atoms with van der Waals surface area (Å²) in [6.07, 6.45) is 6.07. The van der Waals surface area contributed by atoms with E-state index >= 15 is 0 Å². The average Bonchev–Trinajstić information content (AvgIpc) is 3.82. The van der Waals surface area contributed by atoms with E-state index in [0.29, 0.717) is 5.84 Å². The van der Waals surface area contributed by atoms with Crippen molar-refractivity contribution in [1.82, 2.24) is 4.57 Å². The molecule has 0 N–H and O–H groups in total. The van der Waals surface area contributed by atoms with Gasteiger partial charge in [0, 0.05) is 42.9 Å². The van der Waals surface area contributed by atoms with Gasteiger partial charge < -0.3 is 8.98 Å². The lowest BCUT2D eigenvalue weighted by atomic mass is 9.95. The molecule has 1 aliphatic heterocycles. The molecular formula is C44H33N3OS. The highest BCUT2D eigenvalue weighted by atomic mass is 32.2. The van der Waals surface area contributed by atoms with Crippen LogP contribution in [0.5, 0.6) is 0 Å². The molecule has 8 aromatic rings. The maximum Gasteiger partial charge on any atom is 0.155 e. The topological polar surface area (TPSA) is 42.8 Å². The second-order valence-corrected chi connectivity index (χ2v) is 13.9. The Morgan fingerprint density at radius 3 is 2.49 bits per heavy atom. The fourth-order valence-corrected chi connectivity index (χ4v) is 9.02. The molecule has 0 radical (unpaired) electrons. The highest BCUT2D eigenvalue weighted by Gasteiger charge is 2.36. The van der Waals surface area contributed by atoms with Gasteiger partial charge in [0.1, 0.15) is 11.2 Å². The number of furan rings is 1. The van der Waals surface area contributed by atoms with Crippen LogP contribution in [0.3, 0.4) is 0 Å². The first-order chi connectivity index (χ1) is 24.1. The van der Waals surface area contributed by atoms with Crippen LogP contribution in [0.25, 0.3) is 60.2 Å². The van der Waals surface area contributed by atoms with E-state index < -0.39 is 0 Å². The van der Waals surface area contributed by atoms with Gasteiger partial charge in [0.15, 0.2) is 5.84 Å². The number of hydrogen-bond acceptors (Lipinski definition) is 3. The number of amidine groups is 1. The Kier molecular flexibility index (Phi) is 7.10. The van der Waals surface area contributed by atoms with Crippen LogP contribution in [0.15, 0.2) is 165 Å². The number of allylic oxidation sites excluding steroid dienone is 3. The second-order valence-electron chi connectivity index (χ2n) is 12.7. The highest BCUT2D eigenvalue weighted by Crippen LogP contribution is 2.50. The summed E-state index contributed by atoms with van der Waals surface area (Å²) in [7, 11) is 0. The summed E-state index contributed by atoms with van der Waals surface area (Å²) in [6, 6.07) is 42.9. The van der Waals surface area contributed by atoms with Gasteiger partial charge >= 0.3 is 0 Å². The monoisotopic (exact) mass is 651 g/mol. The van der Waals surface area contributed by atoms with Crippen molar-refractivity contribution in [2.75, 3.05) is 0 Å². The Morgan fingerprint density at radius 2 is 1.61 bits per heavy atom. The van der Waals surface area contributed by atoms with Crippen molar-refractivity contribution in [3.05, 3.63) is 157 Å². The lowest BCUT2D eigenvalue weighted by molar-refractivity contribution is 0.580. The molecule has 3 heterocycles. The van der Waals surface area contributed by atoms with Crippen LogP contribution in [0.1, 0.15) is 24.1 Å². The van der Waals surface area contributed by atoms with Gasteiger partial charge in [0.25, 0.3) is 0 Å². The van der Waals surface area contributed by atoms with Gasteiger partial charge in [-0.2, -0.15) is 0 Å². The minimum atomic E-state index is -0.0810. The van der Waals surface area contributed by atoms with Crippen molar-refractivity contribution in [3.63, 3.8) is 0 Å². The van der Waals surface area contributed by atoms with Crippen LogP contribution in [0, 0.1) is 5.92 Å². The molecule has 5 heteroatoms. The number of rotatable bonds is 6. The standard InChI is InChI=1S/C44H33N3OS/c1-4-5-13-27(2)43-42(32-17-9-11-21-39(32)49-43)46-44(45-3)33-18-12-20-38-41(33)34-26-29(23-25-37(34)48-38)47-35-19-10-8-16-31(35)40-30-15-7-6-14-28(30)22-24-36(40)47/h4-27,42-43H,1,3H2,2H3/b13-5-,46-44?/t27-,42?,43?/m0/s1. The molecule has 2 unspecified atom stereocenters. The van der Waals surface area contributed by atoms with Crippen molar-refractivity contribution in [2.24, 2.45) is 15.9 Å². The Balaban J connectivity index is 1.25. The fourth-order valence-electron chi connectivity index (χ4n) is 7.61. The van der Waals surface area contributed by atoms with E-state index in [0.717, 1.165) is 33.2 Å². The Morgan fingerprint density at radius 1 is 0.796 bits per heavy atom. The zero-order chi connectivity index (χ0) is 33.1. The van der Waals surface area contributed by atoms with Crippen molar-refractivity contribution in [3.8, 4) is 5.69 Å². The van der Waals surface area contributed by atoms with Crippen LogP contribution >= 0.6 is 11.8 Å². The first-order valence-corrected chi connectivity index (χ1v) is 17.5. The summed E-state index contributed by atoms with van der Waals surface area (Å²) >= 11 is 1.89. The lowest BCUT2D eigenvalue weighted by Crippen LogP contribution is -2.18. The molecule has 2 aromatic heterocycles. The van der Waals surface area contributed by atoms with E-state index in [1.54, 1.807) is 0 Å². The predicted octanol–water partition coefficient (Wildman–Crippen LogP) is 11.9. The Hall–Kier alpha value is -5.65. The number of benzene rings is 6. The zero-order valence-electron chi connectivity index (χ0n) is 27.1. The van der Waals surface area contributed by atoms with Crippen molar-refractivity contribution in [1.29, 1.82) is 0 Å². The van der Waals surface area contributed by atoms with Crippen LogP contribution < -0.4 is 0 Å². The van der Waals surface area contributed by atoms with Crippen LogP contribution in [-0.2, 0) is 0 Å². The molecule has 3 atom stereocenters. The van der Waals surface area contributed by atoms with E-state index in [1.165, 1.54) is 43.0 Å². The lowest BCUT2D eigenvalue weighted by Gasteiger charge is -2.21. The maximum atomic E-state index is 6.47. The van der Waals surface area contributed by atoms with Crippen molar-refractivity contribution < 1.29 is 4.42 Å². The molecule has 1 aliphatic rings. The first kappa shape index (κ1) is 29.5. The van der Waals surface area contributed by atoms with E-state index in [1.807, 2.05) is 36.0 Å². The average molecular weight is 652 g/mol. The van der Waals surface area contributed by atoms with Gasteiger partial charge in [-0.05, 0) is 71.4 Å². The Bertz CT molecular complexity index is 2680. The molecule has 6 aromatic carbocycles. The maximum absolute atomic E-state index is 6.47. The fraction of sp³-hybridized carbons (Fsp3) is 0.0909. The molecular weight excluding hydrogens is 619 g/mol. The van der Waals surface area contributed by atoms with E-state index in [4.69, 9.17) is 9.41 Å². The van der Waals surface area contributed by atoms with Gasteiger partial charge in [-0.3, -0.25) is 4.99 Å². The SMILES string of the molecule is C=C/C=C\[C@H](C)C1Sc2ccccc2C1N=C(N=C)c1cccc2oc3ccc(-n4c5ccccc5c5c6ccccc6ccc54)cc3c12. The highest BCUT2D eigenvalue weighted by molar-refractivity contribution is 8.00. The van der Waals surface area contributed by atoms with E-state index in [2.05, 4.69) is 145 Å². The molecule has 0 saturated carbocycles. The van der Waals surface area contributed by atoms with Crippen molar-refractivity contribution >= 4 is 78.8 Å². The number of aliphatic imine (C=N–C) groups is 2. The van der Waals surface area contributed by atoms with Crippen LogP contribution in [0.2, 0.25) is 0 Å². The quantitative estimate of drug-likeness (QED) is 0.102. The molecule has 9 rings (SSSR count). The summed E-state index contributed by atoms with van der Waals surface area (Å²) in [4.78, 5) is 11.2. The summed E-state index contributed by atoms with van der Waals surface area (Å²) in [5.74, 6) is 0.890. The number of aromatic nitrogens is 1. The zero-order valence-corrected chi connectivity index (χ0v) is 27.9. The summed E-state index contributed by atoms with van der Waals surface area (Å²) in [5, 5.41) is 7.21.